The van der Waals surface area contributed by atoms with Gasteiger partial charge >= 0.3 is 5.97 Å². The van der Waals surface area contributed by atoms with Crippen LogP contribution in [-0.4, -0.2) is 20.7 Å². The van der Waals surface area contributed by atoms with Crippen molar-refractivity contribution in [2.24, 2.45) is 0 Å². The molecule has 0 aliphatic heterocycles. The van der Waals surface area contributed by atoms with E-state index in [4.69, 9.17) is 10.5 Å². The van der Waals surface area contributed by atoms with E-state index >= 15 is 0 Å². The first-order valence-corrected chi connectivity index (χ1v) is 6.56. The summed E-state index contributed by atoms with van der Waals surface area (Å²) in [6.07, 6.45) is 2.58. The molecule has 0 saturated heterocycles. The lowest BCUT2D eigenvalue weighted by Crippen LogP contribution is -2.13. The summed E-state index contributed by atoms with van der Waals surface area (Å²) in [5.74, 6) is 0.329. The summed E-state index contributed by atoms with van der Waals surface area (Å²) in [7, 11) is 0. The highest BCUT2D eigenvalue weighted by molar-refractivity contribution is 5.74. The van der Waals surface area contributed by atoms with Gasteiger partial charge in [0.05, 0.1) is 6.42 Å². The first kappa shape index (κ1) is 14.0. The van der Waals surface area contributed by atoms with E-state index in [0.29, 0.717) is 11.5 Å². The molecule has 0 aliphatic carbocycles. The normalized spacial score (nSPS) is 10.4. The van der Waals surface area contributed by atoms with Gasteiger partial charge in [-0.2, -0.15) is 5.10 Å². The third-order valence-electron chi connectivity index (χ3n) is 2.88. The van der Waals surface area contributed by atoms with Crippen molar-refractivity contribution in [3.8, 4) is 0 Å². The summed E-state index contributed by atoms with van der Waals surface area (Å²) < 4.78 is 6.95. The van der Waals surface area contributed by atoms with Crippen molar-refractivity contribution in [2.45, 2.75) is 32.9 Å². The Morgan fingerprint density at radius 3 is 2.95 bits per heavy atom. The Kier molecular flexibility index (Phi) is 4.70. The van der Waals surface area contributed by atoms with E-state index in [-0.39, 0.29) is 19.0 Å². The van der Waals surface area contributed by atoms with Crippen LogP contribution in [0.4, 0.5) is 5.69 Å². The molecule has 106 valence electrons. The SMILES string of the molecule is CCCn1ncnc1COC(=O)Cc1ccccc1N. The number of ether oxygens (including phenoxy) is 1. The van der Waals surface area contributed by atoms with Crippen LogP contribution in [0.15, 0.2) is 30.6 Å². The number of anilines is 1. The number of aryl methyl sites for hydroxylation is 1. The van der Waals surface area contributed by atoms with Crippen molar-refractivity contribution in [3.05, 3.63) is 42.0 Å². The van der Waals surface area contributed by atoms with Gasteiger partial charge in [-0.05, 0) is 18.1 Å². The number of benzene rings is 1. The molecule has 2 N–H and O–H groups in total. The summed E-state index contributed by atoms with van der Waals surface area (Å²) in [6.45, 7) is 2.94. The summed E-state index contributed by atoms with van der Waals surface area (Å²) >= 11 is 0. The van der Waals surface area contributed by atoms with Crippen molar-refractivity contribution in [3.63, 3.8) is 0 Å². The number of carbonyl (C=O) groups excluding carboxylic acids is 1. The molecular weight excluding hydrogens is 256 g/mol. The number of nitrogen functional groups attached to an aromatic ring is 1. The molecule has 2 rings (SSSR count). The predicted octanol–water partition coefficient (Wildman–Crippen LogP) is 1.56. The number of hydrogen-bond acceptors (Lipinski definition) is 5. The van der Waals surface area contributed by atoms with E-state index in [2.05, 4.69) is 17.0 Å². The number of nitrogens with two attached hydrogens (primary N) is 1. The van der Waals surface area contributed by atoms with Crippen LogP contribution in [0.1, 0.15) is 24.7 Å². The number of nitrogens with zero attached hydrogens (tertiary/aromatic N) is 3. The lowest BCUT2D eigenvalue weighted by atomic mass is 10.1. The van der Waals surface area contributed by atoms with Gasteiger partial charge < -0.3 is 10.5 Å². The molecule has 20 heavy (non-hydrogen) atoms. The first-order valence-electron chi connectivity index (χ1n) is 6.56. The average Bonchev–Trinajstić information content (AvgIpc) is 2.87. The molecule has 0 saturated carbocycles. The zero-order chi connectivity index (χ0) is 14.4. The molecule has 6 heteroatoms. The molecule has 0 atom stereocenters. The topological polar surface area (TPSA) is 83.0 Å². The molecule has 0 fully saturated rings. The highest BCUT2D eigenvalue weighted by Gasteiger charge is 2.10. The Morgan fingerprint density at radius 2 is 2.20 bits per heavy atom. The maximum Gasteiger partial charge on any atom is 0.310 e. The smallest absolute Gasteiger partial charge is 0.310 e. The molecule has 0 amide bonds. The minimum absolute atomic E-state index is 0.131. The first-order chi connectivity index (χ1) is 9.70. The standard InChI is InChI=1S/C14H18N4O2/c1-2-7-18-13(16-10-17-18)9-20-14(19)8-11-5-3-4-6-12(11)15/h3-6,10H,2,7-9,15H2,1H3. The van der Waals surface area contributed by atoms with Crippen LogP contribution in [0.25, 0.3) is 0 Å². The lowest BCUT2D eigenvalue weighted by Gasteiger charge is -2.07. The molecule has 0 radical (unpaired) electrons. The Hall–Kier alpha value is -2.37. The maximum absolute atomic E-state index is 11.8. The highest BCUT2D eigenvalue weighted by atomic mass is 16.5. The summed E-state index contributed by atoms with van der Waals surface area (Å²) in [5, 5.41) is 4.08. The van der Waals surface area contributed by atoms with E-state index < -0.39 is 0 Å². The van der Waals surface area contributed by atoms with Gasteiger partial charge in [0.15, 0.2) is 12.4 Å². The number of carbonyl (C=O) groups is 1. The van der Waals surface area contributed by atoms with Crippen molar-refractivity contribution >= 4 is 11.7 Å². The van der Waals surface area contributed by atoms with E-state index in [1.165, 1.54) is 6.33 Å². The average molecular weight is 274 g/mol. The molecule has 0 bridgehead atoms. The van der Waals surface area contributed by atoms with Gasteiger partial charge in [-0.3, -0.25) is 4.79 Å². The molecule has 0 unspecified atom stereocenters. The predicted molar refractivity (Wildman–Crippen MR) is 74.7 cm³/mol. The third-order valence-corrected chi connectivity index (χ3v) is 2.88. The number of rotatable bonds is 6. The third kappa shape index (κ3) is 3.57. The zero-order valence-corrected chi connectivity index (χ0v) is 11.5. The van der Waals surface area contributed by atoms with Gasteiger partial charge in [0.25, 0.3) is 0 Å². The number of para-hydroxylation sites is 1. The second kappa shape index (κ2) is 6.70. The van der Waals surface area contributed by atoms with Gasteiger partial charge in [-0.15, -0.1) is 0 Å². The zero-order valence-electron chi connectivity index (χ0n) is 11.5. The maximum atomic E-state index is 11.8. The molecule has 1 aromatic heterocycles. The monoisotopic (exact) mass is 274 g/mol. The molecule has 6 nitrogen and oxygen atoms in total. The second-order valence-corrected chi connectivity index (χ2v) is 4.44. The van der Waals surface area contributed by atoms with Gasteiger partial charge in [-0.25, -0.2) is 9.67 Å². The Balaban J connectivity index is 1.89. The van der Waals surface area contributed by atoms with Gasteiger partial charge in [0.2, 0.25) is 0 Å². The highest BCUT2D eigenvalue weighted by Crippen LogP contribution is 2.12. The van der Waals surface area contributed by atoms with Gasteiger partial charge in [-0.1, -0.05) is 25.1 Å². The van der Waals surface area contributed by atoms with E-state index in [9.17, 15) is 4.79 Å². The fraction of sp³-hybridized carbons (Fsp3) is 0.357. The quantitative estimate of drug-likeness (QED) is 0.638. The lowest BCUT2D eigenvalue weighted by molar-refractivity contribution is -0.144. The van der Waals surface area contributed by atoms with Crippen LogP contribution in [0, 0.1) is 0 Å². The number of hydrogen-bond donors (Lipinski definition) is 1. The molecule has 1 aromatic carbocycles. The van der Waals surface area contributed by atoms with Crippen LogP contribution >= 0.6 is 0 Å². The number of esters is 1. The summed E-state index contributed by atoms with van der Waals surface area (Å²) in [5.41, 5.74) is 7.16. The molecule has 0 aliphatic rings. The van der Waals surface area contributed by atoms with Crippen LogP contribution in [0.5, 0.6) is 0 Å². The van der Waals surface area contributed by atoms with Crippen LogP contribution in [0.3, 0.4) is 0 Å². The summed E-state index contributed by atoms with van der Waals surface area (Å²) in [6, 6.07) is 7.25. The van der Waals surface area contributed by atoms with E-state index in [0.717, 1.165) is 18.5 Å². The number of aromatic nitrogens is 3. The van der Waals surface area contributed by atoms with Crippen molar-refractivity contribution in [1.82, 2.24) is 14.8 Å². The van der Waals surface area contributed by atoms with Gasteiger partial charge in [0.1, 0.15) is 6.33 Å². The van der Waals surface area contributed by atoms with Crippen molar-refractivity contribution in [1.29, 1.82) is 0 Å². The van der Waals surface area contributed by atoms with Crippen LogP contribution in [-0.2, 0) is 29.1 Å². The largest absolute Gasteiger partial charge is 0.457 e. The minimum atomic E-state index is -0.325. The Morgan fingerprint density at radius 1 is 1.40 bits per heavy atom. The molecule has 2 aromatic rings. The fourth-order valence-corrected chi connectivity index (χ4v) is 1.85. The second-order valence-electron chi connectivity index (χ2n) is 4.44. The van der Waals surface area contributed by atoms with E-state index in [1.807, 2.05) is 18.2 Å². The molecular formula is C14H18N4O2. The summed E-state index contributed by atoms with van der Waals surface area (Å²) in [4.78, 5) is 15.9. The fourth-order valence-electron chi connectivity index (χ4n) is 1.85. The van der Waals surface area contributed by atoms with Gasteiger partial charge in [0, 0.05) is 12.2 Å². The van der Waals surface area contributed by atoms with Crippen LogP contribution in [0.2, 0.25) is 0 Å². The van der Waals surface area contributed by atoms with E-state index in [1.54, 1.807) is 10.7 Å². The minimum Gasteiger partial charge on any atom is -0.457 e. The van der Waals surface area contributed by atoms with Crippen molar-refractivity contribution < 1.29 is 9.53 Å². The molecule has 0 spiro atoms. The molecule has 1 heterocycles. The van der Waals surface area contributed by atoms with Crippen molar-refractivity contribution in [2.75, 3.05) is 5.73 Å². The Bertz CT molecular complexity index is 580. The Labute approximate surface area is 117 Å². The van der Waals surface area contributed by atoms with Crippen LogP contribution < -0.4 is 5.73 Å².